The van der Waals surface area contributed by atoms with Crippen LogP contribution in [0.15, 0.2) is 72.9 Å². The summed E-state index contributed by atoms with van der Waals surface area (Å²) in [6.45, 7) is 4.53. The molecule has 8 nitrogen and oxygen atoms in total. The van der Waals surface area contributed by atoms with E-state index in [2.05, 4.69) is 79.9 Å². The molecule has 3 atom stereocenters. The molecule has 0 saturated heterocycles. The third-order valence-corrected chi connectivity index (χ3v) is 13.6. The number of nitrogens with zero attached hydrogens (tertiary/aromatic N) is 1. The van der Waals surface area contributed by atoms with E-state index in [4.69, 9.17) is 9.05 Å². The normalized spacial score (nSPS) is 14.5. The summed E-state index contributed by atoms with van der Waals surface area (Å²) in [6, 6.07) is -0.886. The topological polar surface area (TPSA) is 108 Å². The Morgan fingerprint density at radius 2 is 0.884 bits per heavy atom. The number of rotatable bonds is 52. The molecule has 0 aromatic rings. The van der Waals surface area contributed by atoms with Gasteiger partial charge in [0, 0.05) is 6.42 Å². The van der Waals surface area contributed by atoms with E-state index < -0.39 is 20.0 Å². The minimum absolute atomic E-state index is 0.00156. The SMILES string of the molecule is CC/C=C\C/C=C\C/C=C\C/C=C\C/C=C\CCCCCCCCCCCCCCCCCCCCCC(=O)NC(COP(=O)([O-])OCC[N+](C)(C)C)C(O)/C=C/CCCCCCCCCCCC. The Balaban J connectivity index is 3.98. The average molecular weight is 988 g/mol. The van der Waals surface area contributed by atoms with Gasteiger partial charge in [0.2, 0.25) is 5.91 Å². The van der Waals surface area contributed by atoms with Gasteiger partial charge in [0.05, 0.1) is 39.9 Å². The van der Waals surface area contributed by atoms with E-state index in [0.29, 0.717) is 17.4 Å². The summed E-state index contributed by atoms with van der Waals surface area (Å²) in [7, 11) is 1.26. The van der Waals surface area contributed by atoms with Crippen molar-refractivity contribution in [3.05, 3.63) is 72.9 Å². The summed E-state index contributed by atoms with van der Waals surface area (Å²) in [4.78, 5) is 25.4. The predicted octanol–water partition coefficient (Wildman–Crippen LogP) is 16.9. The highest BCUT2D eigenvalue weighted by atomic mass is 31.2. The fourth-order valence-corrected chi connectivity index (χ4v) is 8.90. The minimum atomic E-state index is -4.59. The predicted molar refractivity (Wildman–Crippen MR) is 297 cm³/mol. The molecule has 0 aromatic heterocycles. The first kappa shape index (κ1) is 66.9. The lowest BCUT2D eigenvalue weighted by atomic mass is 10.0. The molecule has 0 bridgehead atoms. The number of hydrogen-bond donors (Lipinski definition) is 2. The maximum absolute atomic E-state index is 12.9. The largest absolute Gasteiger partial charge is 0.756 e. The Morgan fingerprint density at radius 3 is 1.29 bits per heavy atom. The molecule has 402 valence electrons. The van der Waals surface area contributed by atoms with E-state index in [1.54, 1.807) is 6.08 Å². The van der Waals surface area contributed by atoms with Crippen molar-refractivity contribution >= 4 is 13.7 Å². The summed E-state index contributed by atoms with van der Waals surface area (Å²) in [5, 5.41) is 13.8. The first-order valence-corrected chi connectivity index (χ1v) is 30.3. The number of aliphatic hydroxyl groups excluding tert-OH is 1. The van der Waals surface area contributed by atoms with E-state index >= 15 is 0 Å². The number of carbonyl (C=O) groups is 1. The van der Waals surface area contributed by atoms with Crippen LogP contribution in [0.5, 0.6) is 0 Å². The standard InChI is InChI=1S/C60H111N2O6P/c1-6-8-10-12-14-16-18-20-21-22-23-24-25-26-27-28-29-30-31-32-33-34-35-36-37-38-39-40-41-42-44-46-48-50-52-54-60(64)61-58(57-68-69(65,66)67-56-55-62(3,4)5)59(63)53-51-49-47-45-43-19-17-15-13-11-9-7-2/h8,10,14,16,20-21,23-24,26-27,51,53,58-59,63H,6-7,9,11-13,15,17-19,22,25,28-50,52,54-57H2,1-5H3,(H-,61,64,65,66)/b10-8-,16-14-,21-20-,24-23-,27-26-,53-51+. The van der Waals surface area contributed by atoms with Crippen LogP contribution in [0.2, 0.25) is 0 Å². The number of amides is 1. The van der Waals surface area contributed by atoms with Crippen molar-refractivity contribution in [1.29, 1.82) is 0 Å². The fraction of sp³-hybridized carbons (Fsp3) is 0.783. The molecule has 1 amide bonds. The molecule has 0 aromatic carbocycles. The van der Waals surface area contributed by atoms with Crippen LogP contribution in [-0.4, -0.2) is 68.5 Å². The van der Waals surface area contributed by atoms with Gasteiger partial charge in [0.25, 0.3) is 7.82 Å². The maximum atomic E-state index is 12.9. The molecule has 2 N–H and O–H groups in total. The highest BCUT2D eigenvalue weighted by Crippen LogP contribution is 2.38. The Hall–Kier alpha value is -2.06. The number of allylic oxidation sites excluding steroid dienone is 11. The molecule has 0 heterocycles. The number of carbonyl (C=O) groups excluding carboxylic acids is 1. The highest BCUT2D eigenvalue weighted by Gasteiger charge is 2.23. The number of phosphoric acid groups is 1. The van der Waals surface area contributed by atoms with E-state index in [0.717, 1.165) is 70.6 Å². The van der Waals surface area contributed by atoms with Gasteiger partial charge in [0.15, 0.2) is 0 Å². The summed E-state index contributed by atoms with van der Waals surface area (Å²) in [5.74, 6) is -0.197. The zero-order chi connectivity index (χ0) is 50.6. The minimum Gasteiger partial charge on any atom is -0.756 e. The van der Waals surface area contributed by atoms with Gasteiger partial charge in [-0.15, -0.1) is 0 Å². The molecule has 0 spiro atoms. The van der Waals surface area contributed by atoms with Gasteiger partial charge in [-0.25, -0.2) is 0 Å². The average Bonchev–Trinajstić information content (AvgIpc) is 3.31. The van der Waals surface area contributed by atoms with E-state index in [9.17, 15) is 19.4 Å². The lowest BCUT2D eigenvalue weighted by Gasteiger charge is -2.29. The molecule has 3 unspecified atom stereocenters. The summed E-state index contributed by atoms with van der Waals surface area (Å²) in [5.41, 5.74) is 0. The Morgan fingerprint density at radius 1 is 0.522 bits per heavy atom. The molecule has 0 aliphatic rings. The lowest BCUT2D eigenvalue weighted by Crippen LogP contribution is -2.45. The number of nitrogens with one attached hydrogen (secondary N) is 1. The maximum Gasteiger partial charge on any atom is 0.268 e. The zero-order valence-electron chi connectivity index (χ0n) is 45.8. The van der Waals surface area contributed by atoms with E-state index in [-0.39, 0.29) is 19.1 Å². The van der Waals surface area contributed by atoms with Crippen molar-refractivity contribution in [2.24, 2.45) is 0 Å². The first-order chi connectivity index (χ1) is 33.5. The third kappa shape index (κ3) is 53.6. The monoisotopic (exact) mass is 987 g/mol. The number of aliphatic hydroxyl groups is 1. The van der Waals surface area contributed by atoms with Crippen LogP contribution in [0.25, 0.3) is 0 Å². The van der Waals surface area contributed by atoms with Crippen molar-refractivity contribution in [3.63, 3.8) is 0 Å². The molecule has 0 aliphatic heterocycles. The number of quaternary nitrogens is 1. The van der Waals surface area contributed by atoms with E-state index in [1.165, 1.54) is 161 Å². The molecule has 0 aliphatic carbocycles. The summed E-state index contributed by atoms with van der Waals surface area (Å²) in [6.07, 6.45) is 69.9. The fourth-order valence-electron chi connectivity index (χ4n) is 8.18. The third-order valence-electron chi connectivity index (χ3n) is 12.7. The van der Waals surface area contributed by atoms with Gasteiger partial charge in [-0.1, -0.05) is 254 Å². The number of likely N-dealkylation sites (N-methyl/N-ethyl adjacent to an activating group) is 1. The van der Waals surface area contributed by atoms with Gasteiger partial charge < -0.3 is 28.8 Å². The van der Waals surface area contributed by atoms with Crippen LogP contribution in [0.3, 0.4) is 0 Å². The van der Waals surface area contributed by atoms with Crippen molar-refractivity contribution in [2.45, 2.75) is 264 Å². The molecular weight excluding hydrogens is 876 g/mol. The van der Waals surface area contributed by atoms with Crippen LogP contribution in [-0.2, 0) is 18.4 Å². The Kier molecular flexibility index (Phi) is 49.3. The number of hydrogen-bond acceptors (Lipinski definition) is 6. The Labute approximate surface area is 427 Å². The summed E-state index contributed by atoms with van der Waals surface area (Å²) < 4.78 is 23.3. The first-order valence-electron chi connectivity index (χ1n) is 28.8. The van der Waals surface area contributed by atoms with Gasteiger partial charge in [0.1, 0.15) is 13.2 Å². The molecule has 0 fully saturated rings. The van der Waals surface area contributed by atoms with Crippen molar-refractivity contribution in [3.8, 4) is 0 Å². The highest BCUT2D eigenvalue weighted by molar-refractivity contribution is 7.45. The van der Waals surface area contributed by atoms with Crippen LogP contribution < -0.4 is 10.2 Å². The molecule has 0 radical (unpaired) electrons. The quantitative estimate of drug-likeness (QED) is 0.0272. The van der Waals surface area contributed by atoms with Crippen molar-refractivity contribution < 1.29 is 32.9 Å². The lowest BCUT2D eigenvalue weighted by molar-refractivity contribution is -0.870. The molecule has 0 saturated carbocycles. The van der Waals surface area contributed by atoms with Crippen LogP contribution in [0, 0.1) is 0 Å². The van der Waals surface area contributed by atoms with Crippen molar-refractivity contribution in [1.82, 2.24) is 5.32 Å². The molecule has 0 rings (SSSR count). The van der Waals surface area contributed by atoms with Crippen LogP contribution >= 0.6 is 7.82 Å². The number of unbranched alkanes of at least 4 members (excludes halogenated alkanes) is 29. The van der Waals surface area contributed by atoms with Gasteiger partial charge in [-0.05, 0) is 64.2 Å². The Bertz CT molecular complexity index is 1350. The second kappa shape index (κ2) is 50.9. The zero-order valence-corrected chi connectivity index (χ0v) is 46.6. The van der Waals surface area contributed by atoms with Crippen LogP contribution in [0.1, 0.15) is 251 Å². The number of phosphoric ester groups is 1. The second-order valence-electron chi connectivity index (χ2n) is 20.6. The molecule has 9 heteroatoms. The van der Waals surface area contributed by atoms with Crippen LogP contribution in [0.4, 0.5) is 0 Å². The van der Waals surface area contributed by atoms with Gasteiger partial charge in [-0.3, -0.25) is 9.36 Å². The molecular formula is C60H111N2O6P. The summed E-state index contributed by atoms with van der Waals surface area (Å²) >= 11 is 0. The van der Waals surface area contributed by atoms with Crippen molar-refractivity contribution in [2.75, 3.05) is 40.9 Å². The van der Waals surface area contributed by atoms with E-state index in [1.807, 2.05) is 27.2 Å². The molecule has 69 heavy (non-hydrogen) atoms. The second-order valence-corrected chi connectivity index (χ2v) is 22.0. The van der Waals surface area contributed by atoms with Gasteiger partial charge in [-0.2, -0.15) is 0 Å². The van der Waals surface area contributed by atoms with Gasteiger partial charge >= 0.3 is 0 Å². The smallest absolute Gasteiger partial charge is 0.268 e.